The van der Waals surface area contributed by atoms with Gasteiger partial charge < -0.3 is 16.0 Å². The van der Waals surface area contributed by atoms with E-state index in [-0.39, 0.29) is 29.0 Å². The maximum atomic E-state index is 14.5. The highest BCUT2D eigenvalue weighted by molar-refractivity contribution is 6.16. The van der Waals surface area contributed by atoms with Crippen LogP contribution >= 0.6 is 0 Å². The fourth-order valence-electron chi connectivity index (χ4n) is 4.03. The van der Waals surface area contributed by atoms with Crippen LogP contribution in [0.5, 0.6) is 0 Å². The van der Waals surface area contributed by atoms with Gasteiger partial charge in [-0.05, 0) is 43.7 Å². The molecule has 1 aliphatic rings. The quantitative estimate of drug-likeness (QED) is 0.469. The van der Waals surface area contributed by atoms with Crippen LogP contribution in [0.25, 0.3) is 11.8 Å². The number of rotatable bonds is 6. The minimum atomic E-state index is -0.452. The fraction of sp³-hybridized carbons (Fsp3) is 0.160. The van der Waals surface area contributed by atoms with Gasteiger partial charge in [-0.3, -0.25) is 5.41 Å². The summed E-state index contributed by atoms with van der Waals surface area (Å²) in [6, 6.07) is 10.7. The fourth-order valence-corrected chi connectivity index (χ4v) is 4.03. The molecule has 33 heavy (non-hydrogen) atoms. The maximum absolute atomic E-state index is 14.5. The van der Waals surface area contributed by atoms with Gasteiger partial charge in [0.05, 0.1) is 17.8 Å². The van der Waals surface area contributed by atoms with Crippen molar-refractivity contribution in [3.63, 3.8) is 0 Å². The zero-order valence-electron chi connectivity index (χ0n) is 18.4. The van der Waals surface area contributed by atoms with E-state index in [1.807, 2.05) is 30.9 Å². The Balaban J connectivity index is 1.69. The standard InChI is InChI=1S/C25H24F2N6/c1-14(2)33-15(3)21-16(6-5-9-20(21)27)11-19(33)12-30-25-22(24(29)31-13-32-25)23(28)17-7-4-8-18(26)10-17/h4-11,13-14,28H,3,12H2,1-2H3,(H3,29,30,31,32). The Morgan fingerprint density at radius 1 is 1.18 bits per heavy atom. The van der Waals surface area contributed by atoms with Gasteiger partial charge in [0.1, 0.15) is 29.6 Å². The van der Waals surface area contributed by atoms with Crippen LogP contribution < -0.4 is 11.1 Å². The topological polar surface area (TPSA) is 90.9 Å². The zero-order chi connectivity index (χ0) is 23.7. The highest BCUT2D eigenvalue weighted by Gasteiger charge is 2.27. The number of anilines is 2. The third-order valence-corrected chi connectivity index (χ3v) is 5.45. The van der Waals surface area contributed by atoms with Gasteiger partial charge in [0.2, 0.25) is 0 Å². The number of benzene rings is 2. The van der Waals surface area contributed by atoms with Crippen molar-refractivity contribution >= 4 is 29.1 Å². The van der Waals surface area contributed by atoms with E-state index < -0.39 is 5.82 Å². The van der Waals surface area contributed by atoms with Gasteiger partial charge in [-0.1, -0.05) is 30.8 Å². The number of nitrogens with one attached hydrogen (secondary N) is 2. The first-order chi connectivity index (χ1) is 15.8. The molecule has 0 radical (unpaired) electrons. The number of halogens is 2. The molecule has 0 fully saturated rings. The Labute approximate surface area is 191 Å². The Morgan fingerprint density at radius 3 is 2.67 bits per heavy atom. The van der Waals surface area contributed by atoms with Crippen LogP contribution in [0.3, 0.4) is 0 Å². The van der Waals surface area contributed by atoms with Crippen molar-refractivity contribution < 1.29 is 8.78 Å². The van der Waals surface area contributed by atoms with Crippen LogP contribution in [0.1, 0.15) is 36.1 Å². The minimum absolute atomic E-state index is 0.00488. The number of hydrogen-bond donors (Lipinski definition) is 3. The summed E-state index contributed by atoms with van der Waals surface area (Å²) in [5.41, 5.74) is 9.37. The van der Waals surface area contributed by atoms with E-state index in [1.54, 1.807) is 12.1 Å². The van der Waals surface area contributed by atoms with Crippen molar-refractivity contribution in [2.75, 3.05) is 17.6 Å². The number of nitrogens with two attached hydrogens (primary N) is 1. The van der Waals surface area contributed by atoms with Gasteiger partial charge in [-0.15, -0.1) is 0 Å². The second-order valence-electron chi connectivity index (χ2n) is 7.97. The summed E-state index contributed by atoms with van der Waals surface area (Å²) in [6.07, 6.45) is 3.21. The van der Waals surface area contributed by atoms with E-state index in [2.05, 4.69) is 21.9 Å². The predicted octanol–water partition coefficient (Wildman–Crippen LogP) is 4.90. The molecule has 0 spiro atoms. The summed E-state index contributed by atoms with van der Waals surface area (Å²) in [7, 11) is 0. The molecule has 0 amide bonds. The second kappa shape index (κ2) is 8.82. The number of hydrogen-bond acceptors (Lipinski definition) is 6. The van der Waals surface area contributed by atoms with E-state index in [0.717, 1.165) is 11.3 Å². The average Bonchev–Trinajstić information content (AvgIpc) is 2.77. The number of nitrogen functional groups attached to an aromatic ring is 1. The number of nitrogens with zero attached hydrogens (tertiary/aromatic N) is 3. The Morgan fingerprint density at radius 2 is 1.94 bits per heavy atom. The summed E-state index contributed by atoms with van der Waals surface area (Å²) in [4.78, 5) is 10.2. The SMILES string of the molecule is C=C1c2c(F)cccc2C=C(CNc2ncnc(N)c2C(=N)c2cccc(F)c2)N1C(C)C. The molecular formula is C25H24F2N6. The van der Waals surface area contributed by atoms with Gasteiger partial charge in [-0.2, -0.15) is 0 Å². The van der Waals surface area contributed by atoms with E-state index in [1.165, 1.54) is 30.6 Å². The monoisotopic (exact) mass is 446 g/mol. The second-order valence-corrected chi connectivity index (χ2v) is 7.97. The van der Waals surface area contributed by atoms with Crippen LogP contribution in [0.2, 0.25) is 0 Å². The first kappa shape index (κ1) is 22.1. The predicted molar refractivity (Wildman–Crippen MR) is 128 cm³/mol. The van der Waals surface area contributed by atoms with Crippen molar-refractivity contribution in [2.45, 2.75) is 19.9 Å². The van der Waals surface area contributed by atoms with Gasteiger partial charge in [0.15, 0.2) is 0 Å². The van der Waals surface area contributed by atoms with Crippen molar-refractivity contribution in [3.8, 4) is 0 Å². The molecule has 0 bridgehead atoms. The number of aromatic nitrogens is 2. The Kier molecular flexibility index (Phi) is 5.91. The highest BCUT2D eigenvalue weighted by atomic mass is 19.1. The van der Waals surface area contributed by atoms with Gasteiger partial charge in [0, 0.05) is 28.6 Å². The molecule has 6 nitrogen and oxygen atoms in total. The summed E-state index contributed by atoms with van der Waals surface area (Å²) in [5.74, 6) is -0.318. The van der Waals surface area contributed by atoms with Gasteiger partial charge in [-0.25, -0.2) is 18.7 Å². The first-order valence-corrected chi connectivity index (χ1v) is 10.4. The third-order valence-electron chi connectivity index (χ3n) is 5.45. The van der Waals surface area contributed by atoms with Crippen LogP contribution in [0, 0.1) is 17.0 Å². The molecule has 1 aromatic heterocycles. The zero-order valence-corrected chi connectivity index (χ0v) is 18.4. The molecule has 0 atom stereocenters. The molecule has 8 heteroatoms. The van der Waals surface area contributed by atoms with Crippen molar-refractivity contribution in [1.29, 1.82) is 5.41 Å². The lowest BCUT2D eigenvalue weighted by molar-refractivity contribution is 0.400. The van der Waals surface area contributed by atoms with Crippen LogP contribution in [0.4, 0.5) is 20.4 Å². The van der Waals surface area contributed by atoms with E-state index in [9.17, 15) is 8.78 Å². The van der Waals surface area contributed by atoms with Crippen molar-refractivity contribution in [1.82, 2.24) is 14.9 Å². The van der Waals surface area contributed by atoms with E-state index in [4.69, 9.17) is 11.1 Å². The molecular weight excluding hydrogens is 422 g/mol. The molecule has 4 rings (SSSR count). The molecule has 4 N–H and O–H groups in total. The number of fused-ring (bicyclic) bond motifs is 1. The molecule has 0 saturated heterocycles. The lowest BCUT2D eigenvalue weighted by Crippen LogP contribution is -2.34. The van der Waals surface area contributed by atoms with Gasteiger partial charge in [0.25, 0.3) is 0 Å². The van der Waals surface area contributed by atoms with E-state index in [0.29, 0.717) is 29.2 Å². The molecule has 168 valence electrons. The summed E-state index contributed by atoms with van der Waals surface area (Å²) >= 11 is 0. The minimum Gasteiger partial charge on any atom is -0.383 e. The van der Waals surface area contributed by atoms with Crippen molar-refractivity contribution in [3.05, 3.63) is 95.0 Å². The molecule has 0 saturated carbocycles. The Bertz CT molecular complexity index is 1280. The average molecular weight is 447 g/mol. The maximum Gasteiger partial charge on any atom is 0.141 e. The van der Waals surface area contributed by atoms with E-state index >= 15 is 0 Å². The highest BCUT2D eigenvalue weighted by Crippen LogP contribution is 2.35. The molecule has 1 aliphatic heterocycles. The normalized spacial score (nSPS) is 13.1. The first-order valence-electron chi connectivity index (χ1n) is 10.4. The Hall–Kier alpha value is -4.07. The van der Waals surface area contributed by atoms with Crippen molar-refractivity contribution in [2.24, 2.45) is 0 Å². The third kappa shape index (κ3) is 4.19. The molecule has 0 aliphatic carbocycles. The summed E-state index contributed by atoms with van der Waals surface area (Å²) in [5, 5.41) is 11.8. The molecule has 3 aromatic rings. The van der Waals surface area contributed by atoms with Gasteiger partial charge >= 0.3 is 0 Å². The van der Waals surface area contributed by atoms with Crippen LogP contribution in [-0.4, -0.2) is 33.2 Å². The lowest BCUT2D eigenvalue weighted by atomic mass is 9.96. The molecule has 0 unspecified atom stereocenters. The summed E-state index contributed by atoms with van der Waals surface area (Å²) in [6.45, 7) is 8.44. The lowest BCUT2D eigenvalue weighted by Gasteiger charge is -2.37. The smallest absolute Gasteiger partial charge is 0.141 e. The van der Waals surface area contributed by atoms with Crippen LogP contribution in [-0.2, 0) is 0 Å². The largest absolute Gasteiger partial charge is 0.383 e. The van der Waals surface area contributed by atoms with Crippen LogP contribution in [0.15, 0.2) is 61.1 Å². The molecule has 2 aromatic carbocycles. The molecule has 2 heterocycles. The summed E-state index contributed by atoms with van der Waals surface area (Å²) < 4.78 is 28.2.